The van der Waals surface area contributed by atoms with Crippen LogP contribution in [0.2, 0.25) is 0 Å². The Hall–Kier alpha value is -1.75. The summed E-state index contributed by atoms with van der Waals surface area (Å²) in [6, 6.07) is 5.23. The van der Waals surface area contributed by atoms with Crippen molar-refractivity contribution < 1.29 is 4.39 Å². The van der Waals surface area contributed by atoms with E-state index in [4.69, 9.17) is 0 Å². The van der Waals surface area contributed by atoms with Crippen LogP contribution in [0.1, 0.15) is 31.1 Å². The van der Waals surface area contributed by atoms with E-state index in [0.717, 1.165) is 12.1 Å². The van der Waals surface area contributed by atoms with Gasteiger partial charge in [0.05, 0.1) is 0 Å². The second kappa shape index (κ2) is 6.13. The molecule has 4 nitrogen and oxygen atoms in total. The average molecular weight is 276 g/mol. The number of nitrogens with zero attached hydrogens (tertiary/aromatic N) is 3. The van der Waals surface area contributed by atoms with Gasteiger partial charge >= 0.3 is 0 Å². The summed E-state index contributed by atoms with van der Waals surface area (Å²) in [6.45, 7) is 9.50. The predicted molar refractivity (Wildman–Crippen MR) is 77.3 cm³/mol. The molecule has 0 fully saturated rings. The highest BCUT2D eigenvalue weighted by atomic mass is 19.1. The van der Waals surface area contributed by atoms with Crippen molar-refractivity contribution in [2.45, 2.75) is 34.2 Å². The van der Waals surface area contributed by atoms with Gasteiger partial charge in [-0.15, -0.1) is 0 Å². The van der Waals surface area contributed by atoms with Crippen molar-refractivity contribution in [2.75, 3.05) is 6.54 Å². The van der Waals surface area contributed by atoms with E-state index in [-0.39, 0.29) is 5.82 Å². The molecule has 1 N–H and O–H groups in total. The van der Waals surface area contributed by atoms with Gasteiger partial charge in [0.1, 0.15) is 23.2 Å². The Morgan fingerprint density at radius 3 is 2.60 bits per heavy atom. The smallest absolute Gasteiger partial charge is 0.149 e. The molecule has 1 aromatic heterocycles. The number of benzene rings is 1. The molecule has 0 saturated carbocycles. The van der Waals surface area contributed by atoms with Crippen LogP contribution in [0.25, 0.3) is 5.69 Å². The first-order valence-corrected chi connectivity index (χ1v) is 6.87. The lowest BCUT2D eigenvalue weighted by molar-refractivity contribution is 0.549. The fourth-order valence-electron chi connectivity index (χ4n) is 2.09. The highest BCUT2D eigenvalue weighted by molar-refractivity contribution is 5.36. The summed E-state index contributed by atoms with van der Waals surface area (Å²) in [7, 11) is 0. The van der Waals surface area contributed by atoms with Gasteiger partial charge in [0.25, 0.3) is 0 Å². The Bertz CT molecular complexity index is 590. The fourth-order valence-corrected chi connectivity index (χ4v) is 2.09. The van der Waals surface area contributed by atoms with E-state index in [2.05, 4.69) is 29.2 Å². The van der Waals surface area contributed by atoms with Crippen LogP contribution in [-0.2, 0) is 6.54 Å². The van der Waals surface area contributed by atoms with Crippen LogP contribution in [0.4, 0.5) is 4.39 Å². The molecule has 0 bridgehead atoms. The minimum atomic E-state index is -0.276. The molecule has 0 aliphatic rings. The summed E-state index contributed by atoms with van der Waals surface area (Å²) in [5, 5.41) is 7.51. The molecule has 2 rings (SSSR count). The molecule has 1 aromatic carbocycles. The maximum Gasteiger partial charge on any atom is 0.149 e. The monoisotopic (exact) mass is 276 g/mol. The SMILES string of the molecule is Cc1nc(C)n(-c2ccc(CNCC(C)C)cc2F)n1. The van der Waals surface area contributed by atoms with Gasteiger partial charge in [0.15, 0.2) is 0 Å². The van der Waals surface area contributed by atoms with E-state index in [1.165, 1.54) is 4.68 Å². The Morgan fingerprint density at radius 1 is 1.30 bits per heavy atom. The summed E-state index contributed by atoms with van der Waals surface area (Å²) in [5.41, 5.74) is 1.37. The number of hydrogen-bond donors (Lipinski definition) is 1. The van der Waals surface area contributed by atoms with Gasteiger partial charge in [0, 0.05) is 6.54 Å². The quantitative estimate of drug-likeness (QED) is 0.913. The van der Waals surface area contributed by atoms with Crippen molar-refractivity contribution in [3.05, 3.63) is 41.2 Å². The van der Waals surface area contributed by atoms with Crippen LogP contribution in [0, 0.1) is 25.6 Å². The van der Waals surface area contributed by atoms with E-state index in [1.807, 2.05) is 13.0 Å². The third-order valence-electron chi connectivity index (χ3n) is 3.00. The minimum Gasteiger partial charge on any atom is -0.312 e. The Labute approximate surface area is 119 Å². The third kappa shape index (κ3) is 3.42. The van der Waals surface area contributed by atoms with Gasteiger partial charge in [-0.2, -0.15) is 5.10 Å². The number of aryl methyl sites for hydroxylation is 2. The Kier molecular flexibility index (Phi) is 4.49. The van der Waals surface area contributed by atoms with E-state index in [9.17, 15) is 4.39 Å². The van der Waals surface area contributed by atoms with E-state index >= 15 is 0 Å². The van der Waals surface area contributed by atoms with Crippen LogP contribution in [0.15, 0.2) is 18.2 Å². The van der Waals surface area contributed by atoms with Crippen LogP contribution < -0.4 is 5.32 Å². The molecule has 108 valence electrons. The lowest BCUT2D eigenvalue weighted by Crippen LogP contribution is -2.19. The molecule has 0 aliphatic heterocycles. The second-order valence-electron chi connectivity index (χ2n) is 5.43. The normalized spacial score (nSPS) is 11.3. The van der Waals surface area contributed by atoms with Crippen molar-refractivity contribution in [1.29, 1.82) is 0 Å². The van der Waals surface area contributed by atoms with Crippen LogP contribution in [0.3, 0.4) is 0 Å². The predicted octanol–water partition coefficient (Wildman–Crippen LogP) is 2.77. The average Bonchev–Trinajstić information content (AvgIpc) is 2.68. The van der Waals surface area contributed by atoms with Crippen molar-refractivity contribution in [2.24, 2.45) is 5.92 Å². The van der Waals surface area contributed by atoms with Gasteiger partial charge < -0.3 is 5.32 Å². The molecule has 5 heteroatoms. The first-order valence-electron chi connectivity index (χ1n) is 6.87. The number of hydrogen-bond acceptors (Lipinski definition) is 3. The Morgan fingerprint density at radius 2 is 2.05 bits per heavy atom. The summed E-state index contributed by atoms with van der Waals surface area (Å²) in [5.74, 6) is 1.64. The molecule has 0 atom stereocenters. The fraction of sp³-hybridized carbons (Fsp3) is 0.467. The molecule has 0 unspecified atom stereocenters. The molecule has 1 heterocycles. The van der Waals surface area contributed by atoms with Crippen molar-refractivity contribution in [3.63, 3.8) is 0 Å². The zero-order valence-electron chi connectivity index (χ0n) is 12.4. The van der Waals surface area contributed by atoms with Crippen LogP contribution in [-0.4, -0.2) is 21.3 Å². The van der Waals surface area contributed by atoms with Crippen molar-refractivity contribution >= 4 is 0 Å². The highest BCUT2D eigenvalue weighted by Crippen LogP contribution is 2.16. The summed E-state index contributed by atoms with van der Waals surface area (Å²) >= 11 is 0. The highest BCUT2D eigenvalue weighted by Gasteiger charge is 2.10. The molecular formula is C15H21FN4. The number of halogens is 1. The molecular weight excluding hydrogens is 255 g/mol. The van der Waals surface area contributed by atoms with Gasteiger partial charge in [0.2, 0.25) is 0 Å². The summed E-state index contributed by atoms with van der Waals surface area (Å²) in [4.78, 5) is 4.19. The van der Waals surface area contributed by atoms with Crippen LogP contribution >= 0.6 is 0 Å². The summed E-state index contributed by atoms with van der Waals surface area (Å²) < 4.78 is 15.7. The molecule has 0 radical (unpaired) electrons. The van der Waals surface area contributed by atoms with Gasteiger partial charge in [-0.05, 0) is 44.0 Å². The van der Waals surface area contributed by atoms with Crippen LogP contribution in [0.5, 0.6) is 0 Å². The molecule has 0 aliphatic carbocycles. The lowest BCUT2D eigenvalue weighted by Gasteiger charge is -2.09. The number of rotatable bonds is 5. The number of nitrogens with one attached hydrogen (secondary N) is 1. The third-order valence-corrected chi connectivity index (χ3v) is 3.00. The molecule has 20 heavy (non-hydrogen) atoms. The molecule has 2 aromatic rings. The lowest BCUT2D eigenvalue weighted by atomic mass is 10.1. The Balaban J connectivity index is 2.16. The maximum absolute atomic E-state index is 14.2. The number of aromatic nitrogens is 3. The van der Waals surface area contributed by atoms with Crippen molar-refractivity contribution in [3.8, 4) is 5.69 Å². The van der Waals surface area contributed by atoms with E-state index < -0.39 is 0 Å². The maximum atomic E-state index is 14.2. The van der Waals surface area contributed by atoms with Gasteiger partial charge in [-0.25, -0.2) is 14.1 Å². The van der Waals surface area contributed by atoms with Crippen molar-refractivity contribution in [1.82, 2.24) is 20.1 Å². The first kappa shape index (κ1) is 14.7. The minimum absolute atomic E-state index is 0.276. The zero-order chi connectivity index (χ0) is 14.7. The van der Waals surface area contributed by atoms with Gasteiger partial charge in [-0.1, -0.05) is 19.9 Å². The van der Waals surface area contributed by atoms with E-state index in [0.29, 0.717) is 29.8 Å². The first-order chi connectivity index (χ1) is 9.47. The second-order valence-corrected chi connectivity index (χ2v) is 5.43. The standard InChI is InChI=1S/C15H21FN4/c1-10(2)8-17-9-13-5-6-15(14(16)7-13)20-12(4)18-11(3)19-20/h5-7,10,17H,8-9H2,1-4H3. The topological polar surface area (TPSA) is 42.7 Å². The van der Waals surface area contributed by atoms with E-state index in [1.54, 1.807) is 19.1 Å². The summed E-state index contributed by atoms with van der Waals surface area (Å²) in [6.07, 6.45) is 0. The zero-order valence-corrected chi connectivity index (χ0v) is 12.4. The molecule has 0 amide bonds. The molecule has 0 saturated heterocycles. The largest absolute Gasteiger partial charge is 0.312 e. The molecule has 0 spiro atoms. The van der Waals surface area contributed by atoms with Gasteiger partial charge in [-0.3, -0.25) is 0 Å².